The molecule has 0 atom stereocenters. The van der Waals surface area contributed by atoms with Crippen LogP contribution in [-0.4, -0.2) is 24.6 Å². The highest BCUT2D eigenvalue weighted by atomic mass is 19.1. The predicted octanol–water partition coefficient (Wildman–Crippen LogP) is 7.80. The number of hydrogen-bond donors (Lipinski definition) is 0. The third-order valence-corrected chi connectivity index (χ3v) is 6.22. The van der Waals surface area contributed by atoms with Crippen LogP contribution >= 0.6 is 0 Å². The van der Waals surface area contributed by atoms with Gasteiger partial charge in [0.05, 0.1) is 12.7 Å². The number of carbonyl (C=O) groups is 3. The van der Waals surface area contributed by atoms with Gasteiger partial charge in [0.2, 0.25) is 0 Å². The van der Waals surface area contributed by atoms with E-state index in [0.717, 1.165) is 0 Å². The van der Waals surface area contributed by atoms with E-state index < -0.39 is 17.6 Å². The van der Waals surface area contributed by atoms with E-state index in [1.807, 2.05) is 0 Å². The van der Waals surface area contributed by atoms with Crippen molar-refractivity contribution in [1.82, 2.24) is 0 Å². The molecule has 0 aliphatic rings. The average Bonchev–Trinajstić information content (AvgIpc) is 3.01. The second kappa shape index (κ2) is 12.3. The van der Waals surface area contributed by atoms with Crippen molar-refractivity contribution in [3.8, 4) is 23.0 Å². The largest absolute Gasteiger partial charge is 0.465 e. The Labute approximate surface area is 239 Å². The summed E-state index contributed by atoms with van der Waals surface area (Å²) in [5.41, 5.74) is 1.66. The predicted molar refractivity (Wildman–Crippen MR) is 150 cm³/mol. The first-order valence-corrected chi connectivity index (χ1v) is 12.7. The number of ketones is 2. The SMILES string of the molecule is COC(=O)c1cc(Oc2ccc(C(=O)c3ccc(F)cc3)cc2)cc(Oc2ccc(C(=O)c3ccc(F)cc3)cc2)c1. The molecule has 0 aliphatic carbocycles. The molecule has 0 unspecified atom stereocenters. The summed E-state index contributed by atoms with van der Waals surface area (Å²) in [7, 11) is 1.25. The first kappa shape index (κ1) is 27.9. The molecule has 0 aromatic heterocycles. The molecule has 5 rings (SSSR count). The molecule has 0 radical (unpaired) electrons. The van der Waals surface area contributed by atoms with E-state index in [1.54, 1.807) is 54.6 Å². The number of hydrogen-bond acceptors (Lipinski definition) is 6. The van der Waals surface area contributed by atoms with E-state index >= 15 is 0 Å². The maximum Gasteiger partial charge on any atom is 0.338 e. The molecule has 208 valence electrons. The first-order chi connectivity index (χ1) is 20.3. The van der Waals surface area contributed by atoms with Crippen LogP contribution in [0.25, 0.3) is 0 Å². The van der Waals surface area contributed by atoms with Crippen molar-refractivity contribution in [2.75, 3.05) is 7.11 Å². The van der Waals surface area contributed by atoms with E-state index in [0.29, 0.717) is 33.8 Å². The number of methoxy groups -OCH3 is 1. The average molecular weight is 565 g/mol. The van der Waals surface area contributed by atoms with Crippen LogP contribution in [0.15, 0.2) is 115 Å². The Hall–Kier alpha value is -5.63. The summed E-state index contributed by atoms with van der Waals surface area (Å²) >= 11 is 0. The lowest BCUT2D eigenvalue weighted by Gasteiger charge is -2.12. The van der Waals surface area contributed by atoms with Gasteiger partial charge >= 0.3 is 5.97 Å². The van der Waals surface area contributed by atoms with E-state index in [2.05, 4.69) is 0 Å². The van der Waals surface area contributed by atoms with Crippen LogP contribution in [0.5, 0.6) is 23.0 Å². The zero-order chi connectivity index (χ0) is 29.6. The Morgan fingerprint density at radius 2 is 0.786 bits per heavy atom. The van der Waals surface area contributed by atoms with E-state index in [-0.39, 0.29) is 28.6 Å². The van der Waals surface area contributed by atoms with Crippen LogP contribution in [0.2, 0.25) is 0 Å². The molecule has 0 aliphatic heterocycles. The quantitative estimate of drug-likeness (QED) is 0.134. The van der Waals surface area contributed by atoms with Gasteiger partial charge in [-0.05, 0) is 109 Å². The highest BCUT2D eigenvalue weighted by Crippen LogP contribution is 2.31. The maximum absolute atomic E-state index is 13.2. The summed E-state index contributed by atoms with van der Waals surface area (Å²) < 4.78 is 43.1. The number of carbonyl (C=O) groups excluding carboxylic acids is 3. The third-order valence-electron chi connectivity index (χ3n) is 6.22. The molecule has 0 saturated heterocycles. The molecule has 0 heterocycles. The zero-order valence-corrected chi connectivity index (χ0v) is 22.2. The van der Waals surface area contributed by atoms with Crippen LogP contribution < -0.4 is 9.47 Å². The van der Waals surface area contributed by atoms with E-state index in [4.69, 9.17) is 14.2 Å². The van der Waals surface area contributed by atoms with Gasteiger partial charge < -0.3 is 14.2 Å². The normalized spacial score (nSPS) is 10.5. The van der Waals surface area contributed by atoms with Gasteiger partial charge in [0.15, 0.2) is 11.6 Å². The van der Waals surface area contributed by atoms with Crippen LogP contribution in [0.1, 0.15) is 42.2 Å². The van der Waals surface area contributed by atoms with E-state index in [1.165, 1.54) is 67.8 Å². The molecule has 0 amide bonds. The number of rotatable bonds is 9. The van der Waals surface area contributed by atoms with Crippen molar-refractivity contribution in [3.05, 3.63) is 155 Å². The smallest absolute Gasteiger partial charge is 0.338 e. The van der Waals surface area contributed by atoms with Crippen molar-refractivity contribution >= 4 is 17.5 Å². The summed E-state index contributed by atoms with van der Waals surface area (Å²) in [4.78, 5) is 37.7. The molecule has 5 aromatic rings. The standard InChI is InChI=1S/C34H22F2O6/c1-40-34(39)25-18-30(41-28-14-6-23(7-15-28)32(37)21-2-10-26(35)11-3-21)20-31(19-25)42-29-16-8-24(9-17-29)33(38)22-4-12-27(36)13-5-22/h2-20H,1H3. The molecule has 6 nitrogen and oxygen atoms in total. The van der Waals surface area contributed by atoms with Gasteiger partial charge in [-0.1, -0.05) is 0 Å². The molecule has 0 saturated carbocycles. The summed E-state index contributed by atoms with van der Waals surface area (Å²) in [6.07, 6.45) is 0. The van der Waals surface area contributed by atoms with Crippen molar-refractivity contribution in [3.63, 3.8) is 0 Å². The Kier molecular flexibility index (Phi) is 8.15. The van der Waals surface area contributed by atoms with Gasteiger partial charge in [0, 0.05) is 28.3 Å². The summed E-state index contributed by atoms with van der Waals surface area (Å²) in [6, 6.07) is 27.8. The Balaban J connectivity index is 1.33. The van der Waals surface area contributed by atoms with Gasteiger partial charge in [0.1, 0.15) is 34.6 Å². The lowest BCUT2D eigenvalue weighted by atomic mass is 10.0. The number of halogens is 2. The van der Waals surface area contributed by atoms with Gasteiger partial charge in [-0.3, -0.25) is 9.59 Å². The topological polar surface area (TPSA) is 78.9 Å². The van der Waals surface area contributed by atoms with Crippen molar-refractivity contribution in [1.29, 1.82) is 0 Å². The minimum Gasteiger partial charge on any atom is -0.465 e. The molecular weight excluding hydrogens is 542 g/mol. The molecule has 5 aromatic carbocycles. The van der Waals surface area contributed by atoms with Gasteiger partial charge in [-0.2, -0.15) is 0 Å². The summed E-state index contributed by atoms with van der Waals surface area (Å²) in [6.45, 7) is 0. The van der Waals surface area contributed by atoms with Crippen LogP contribution in [0.4, 0.5) is 8.78 Å². The Morgan fingerprint density at radius 3 is 1.12 bits per heavy atom. The Morgan fingerprint density at radius 1 is 0.452 bits per heavy atom. The van der Waals surface area contributed by atoms with Crippen molar-refractivity contribution in [2.24, 2.45) is 0 Å². The number of benzene rings is 5. The second-order valence-electron chi connectivity index (χ2n) is 9.11. The fraction of sp³-hybridized carbons (Fsp3) is 0.0294. The first-order valence-electron chi connectivity index (χ1n) is 12.7. The van der Waals surface area contributed by atoms with Gasteiger partial charge in [-0.15, -0.1) is 0 Å². The fourth-order valence-electron chi connectivity index (χ4n) is 4.08. The van der Waals surface area contributed by atoms with Crippen LogP contribution in [0, 0.1) is 11.6 Å². The van der Waals surface area contributed by atoms with E-state index in [9.17, 15) is 23.2 Å². The minimum absolute atomic E-state index is 0.177. The monoisotopic (exact) mass is 564 g/mol. The highest BCUT2D eigenvalue weighted by Gasteiger charge is 2.14. The lowest BCUT2D eigenvalue weighted by Crippen LogP contribution is -2.03. The van der Waals surface area contributed by atoms with Crippen molar-refractivity contribution in [2.45, 2.75) is 0 Å². The molecule has 0 bridgehead atoms. The molecular formula is C34H22F2O6. The highest BCUT2D eigenvalue weighted by molar-refractivity contribution is 6.09. The third kappa shape index (κ3) is 6.56. The van der Waals surface area contributed by atoms with Crippen LogP contribution in [-0.2, 0) is 4.74 Å². The summed E-state index contributed by atoms with van der Waals surface area (Å²) in [5.74, 6) is -0.674. The number of esters is 1. The van der Waals surface area contributed by atoms with Gasteiger partial charge in [0.25, 0.3) is 0 Å². The number of ether oxygens (including phenoxy) is 3. The molecule has 0 fully saturated rings. The molecule has 0 spiro atoms. The van der Waals surface area contributed by atoms with Gasteiger partial charge in [-0.25, -0.2) is 13.6 Å². The van der Waals surface area contributed by atoms with Crippen LogP contribution in [0.3, 0.4) is 0 Å². The molecule has 42 heavy (non-hydrogen) atoms. The Bertz CT molecular complexity index is 1620. The molecule has 0 N–H and O–H groups in total. The second-order valence-corrected chi connectivity index (χ2v) is 9.11. The van der Waals surface area contributed by atoms with Crippen molar-refractivity contribution < 1.29 is 37.4 Å². The molecule has 8 heteroatoms. The summed E-state index contributed by atoms with van der Waals surface area (Å²) in [5, 5.41) is 0. The minimum atomic E-state index is -0.606. The maximum atomic E-state index is 13.2. The zero-order valence-electron chi connectivity index (χ0n) is 22.2. The lowest BCUT2D eigenvalue weighted by molar-refractivity contribution is 0.0599. The fourth-order valence-corrected chi connectivity index (χ4v) is 4.08.